The van der Waals surface area contributed by atoms with Gasteiger partial charge in [0.2, 0.25) is 5.12 Å². The van der Waals surface area contributed by atoms with Crippen LogP contribution >= 0.6 is 11.8 Å². The average Bonchev–Trinajstić information content (AvgIpc) is 2.94. The maximum absolute atomic E-state index is 12.7. The molecule has 3 aliphatic rings. The second kappa shape index (κ2) is 6.96. The van der Waals surface area contributed by atoms with Crippen LogP contribution < -0.4 is 0 Å². The molecule has 0 radical (unpaired) electrons. The molecule has 2 heterocycles. The molecule has 1 aliphatic carbocycles. The summed E-state index contributed by atoms with van der Waals surface area (Å²) in [7, 11) is 1.46. The van der Waals surface area contributed by atoms with Crippen LogP contribution in [0.4, 0.5) is 0 Å². The minimum absolute atomic E-state index is 0.145. The van der Waals surface area contributed by atoms with Gasteiger partial charge in [-0.2, -0.15) is 0 Å². The number of fused-ring (bicyclic) bond motifs is 1. The lowest BCUT2D eigenvalue weighted by Gasteiger charge is -2.38. The first-order chi connectivity index (χ1) is 12.2. The van der Waals surface area contributed by atoms with E-state index in [9.17, 15) is 9.59 Å². The molecule has 132 valence electrons. The van der Waals surface area contributed by atoms with Crippen molar-refractivity contribution in [1.82, 2.24) is 4.90 Å². The number of methoxy groups -OCH3 is 1. The third-order valence-electron chi connectivity index (χ3n) is 5.66. The van der Waals surface area contributed by atoms with E-state index in [1.54, 1.807) is 6.08 Å². The minimum Gasteiger partial charge on any atom is -0.468 e. The van der Waals surface area contributed by atoms with Crippen LogP contribution in [-0.2, 0) is 14.3 Å². The normalized spacial score (nSPS) is 25.1. The molecular formula is C20H23NO3S. The smallest absolute Gasteiger partial charge is 0.327 e. The van der Waals surface area contributed by atoms with Crippen LogP contribution in [0.3, 0.4) is 0 Å². The van der Waals surface area contributed by atoms with Gasteiger partial charge in [0.25, 0.3) is 0 Å². The number of piperidine rings is 1. The molecule has 5 heteroatoms. The van der Waals surface area contributed by atoms with Crippen molar-refractivity contribution in [3.8, 4) is 0 Å². The molecule has 0 N–H and O–H groups in total. The highest BCUT2D eigenvalue weighted by Crippen LogP contribution is 2.42. The first kappa shape index (κ1) is 16.9. The highest BCUT2D eigenvalue weighted by molar-refractivity contribution is 8.15. The van der Waals surface area contributed by atoms with Gasteiger partial charge in [-0.1, -0.05) is 42.4 Å². The van der Waals surface area contributed by atoms with Crippen molar-refractivity contribution in [2.45, 2.75) is 42.9 Å². The zero-order chi connectivity index (χ0) is 17.4. The van der Waals surface area contributed by atoms with Crippen molar-refractivity contribution < 1.29 is 14.3 Å². The van der Waals surface area contributed by atoms with E-state index >= 15 is 0 Å². The Morgan fingerprint density at radius 3 is 2.80 bits per heavy atom. The Hall–Kier alpha value is -1.59. The molecule has 2 aliphatic heterocycles. The second-order valence-electron chi connectivity index (χ2n) is 7.09. The molecule has 0 amide bonds. The number of likely N-dealkylation sites (tertiary alicyclic amines) is 1. The molecule has 0 aromatic heterocycles. The third kappa shape index (κ3) is 3.15. The summed E-state index contributed by atoms with van der Waals surface area (Å²) in [4.78, 5) is 26.6. The van der Waals surface area contributed by atoms with Gasteiger partial charge in [0.05, 0.1) is 7.11 Å². The van der Waals surface area contributed by atoms with E-state index in [0.717, 1.165) is 24.1 Å². The van der Waals surface area contributed by atoms with Crippen molar-refractivity contribution in [2.24, 2.45) is 0 Å². The highest BCUT2D eigenvalue weighted by Gasteiger charge is 2.38. The summed E-state index contributed by atoms with van der Waals surface area (Å²) in [6, 6.07) is 7.92. The summed E-state index contributed by atoms with van der Waals surface area (Å²) in [5.41, 5.74) is 3.52. The SMILES string of the molecule is COC(=O)[C@H](c1ccccc1C1CCC1)N1CC[C@@H]2SC(=O)C=C2C1. The molecule has 1 saturated carbocycles. The highest BCUT2D eigenvalue weighted by atomic mass is 32.2. The maximum Gasteiger partial charge on any atom is 0.327 e. The van der Waals surface area contributed by atoms with Gasteiger partial charge in [-0.15, -0.1) is 0 Å². The summed E-state index contributed by atoms with van der Waals surface area (Å²) in [5, 5.41) is 0.440. The number of hydrogen-bond acceptors (Lipinski definition) is 5. The summed E-state index contributed by atoms with van der Waals surface area (Å²) in [6.07, 6.45) is 6.32. The van der Waals surface area contributed by atoms with Crippen LogP contribution in [0.5, 0.6) is 0 Å². The van der Waals surface area contributed by atoms with Crippen molar-refractivity contribution in [2.75, 3.05) is 20.2 Å². The molecule has 1 aromatic carbocycles. The van der Waals surface area contributed by atoms with E-state index in [0.29, 0.717) is 17.7 Å². The van der Waals surface area contributed by atoms with Gasteiger partial charge in [0, 0.05) is 18.3 Å². The lowest BCUT2D eigenvalue weighted by molar-refractivity contribution is -0.147. The van der Waals surface area contributed by atoms with Crippen molar-refractivity contribution >= 4 is 22.8 Å². The van der Waals surface area contributed by atoms with E-state index in [4.69, 9.17) is 4.74 Å². The molecule has 4 nitrogen and oxygen atoms in total. The van der Waals surface area contributed by atoms with Gasteiger partial charge < -0.3 is 4.74 Å². The fraction of sp³-hybridized carbons (Fsp3) is 0.500. The number of thioether (sulfide) groups is 1. The number of esters is 1. The number of benzene rings is 1. The van der Waals surface area contributed by atoms with Gasteiger partial charge >= 0.3 is 5.97 Å². The molecule has 1 saturated heterocycles. The topological polar surface area (TPSA) is 46.6 Å². The van der Waals surface area contributed by atoms with Crippen LogP contribution in [0.2, 0.25) is 0 Å². The molecule has 2 atom stereocenters. The molecule has 25 heavy (non-hydrogen) atoms. The van der Waals surface area contributed by atoms with Gasteiger partial charge in [-0.3, -0.25) is 9.69 Å². The number of hydrogen-bond donors (Lipinski definition) is 0. The van der Waals surface area contributed by atoms with E-state index in [-0.39, 0.29) is 17.1 Å². The number of rotatable bonds is 4. The van der Waals surface area contributed by atoms with E-state index in [1.165, 1.54) is 43.7 Å². The second-order valence-corrected chi connectivity index (χ2v) is 8.29. The summed E-state index contributed by atoms with van der Waals surface area (Å²) in [6.45, 7) is 1.48. The molecule has 2 fully saturated rings. The van der Waals surface area contributed by atoms with Crippen molar-refractivity contribution in [3.05, 3.63) is 47.0 Å². The Kier molecular flexibility index (Phi) is 4.69. The third-order valence-corrected chi connectivity index (χ3v) is 6.84. The standard InChI is InChI=1S/C20H23NO3S/c1-24-20(23)19(16-8-3-2-7-15(16)13-5-4-6-13)21-10-9-17-14(12-21)11-18(22)25-17/h2-3,7-8,11,13,17,19H,4-6,9-10,12H2,1H3/t17-,19-/m0/s1. The lowest BCUT2D eigenvalue weighted by atomic mass is 9.77. The van der Waals surface area contributed by atoms with Gasteiger partial charge in [0.1, 0.15) is 6.04 Å². The van der Waals surface area contributed by atoms with E-state index < -0.39 is 0 Å². The molecule has 0 bridgehead atoms. The van der Waals surface area contributed by atoms with Gasteiger partial charge in [0.15, 0.2) is 0 Å². The molecule has 4 rings (SSSR count). The van der Waals surface area contributed by atoms with Crippen LogP contribution in [0.15, 0.2) is 35.9 Å². The molecule has 0 unspecified atom stereocenters. The minimum atomic E-state index is -0.385. The average molecular weight is 357 g/mol. The Bertz CT molecular complexity index is 725. The zero-order valence-corrected chi connectivity index (χ0v) is 15.3. The summed E-state index contributed by atoms with van der Waals surface area (Å²) >= 11 is 1.42. The Morgan fingerprint density at radius 2 is 2.08 bits per heavy atom. The summed E-state index contributed by atoms with van der Waals surface area (Å²) < 4.78 is 5.17. The largest absolute Gasteiger partial charge is 0.468 e. The Morgan fingerprint density at radius 1 is 1.28 bits per heavy atom. The van der Waals surface area contributed by atoms with E-state index in [1.807, 2.05) is 6.07 Å². The maximum atomic E-state index is 12.7. The zero-order valence-electron chi connectivity index (χ0n) is 14.4. The number of carbonyl (C=O) groups is 2. The quantitative estimate of drug-likeness (QED) is 0.773. The monoisotopic (exact) mass is 357 g/mol. The van der Waals surface area contributed by atoms with Crippen LogP contribution in [0.25, 0.3) is 0 Å². The van der Waals surface area contributed by atoms with Gasteiger partial charge in [-0.25, -0.2) is 4.79 Å². The first-order valence-electron chi connectivity index (χ1n) is 8.99. The van der Waals surface area contributed by atoms with Gasteiger partial charge in [-0.05, 0) is 48.0 Å². The number of carbonyl (C=O) groups excluding carboxylic acids is 2. The fourth-order valence-electron chi connectivity index (χ4n) is 4.14. The van der Waals surface area contributed by atoms with Crippen LogP contribution in [0.1, 0.15) is 48.8 Å². The Balaban J connectivity index is 1.66. The lowest BCUT2D eigenvalue weighted by Crippen LogP contribution is -2.42. The number of nitrogens with zero attached hydrogens (tertiary/aromatic N) is 1. The van der Waals surface area contributed by atoms with Crippen LogP contribution in [-0.4, -0.2) is 41.4 Å². The fourth-order valence-corrected chi connectivity index (χ4v) is 5.16. The number of ether oxygens (including phenoxy) is 1. The molecule has 0 spiro atoms. The molecule has 1 aromatic rings. The van der Waals surface area contributed by atoms with Crippen molar-refractivity contribution in [1.29, 1.82) is 0 Å². The summed E-state index contributed by atoms with van der Waals surface area (Å²) in [5.74, 6) is 0.353. The first-order valence-corrected chi connectivity index (χ1v) is 9.87. The van der Waals surface area contributed by atoms with Crippen molar-refractivity contribution in [3.63, 3.8) is 0 Å². The predicted octanol–water partition coefficient (Wildman–Crippen LogP) is 3.44. The van der Waals surface area contributed by atoms with Crippen LogP contribution in [0, 0.1) is 0 Å². The Labute approximate surface area is 152 Å². The predicted molar refractivity (Wildman–Crippen MR) is 98.5 cm³/mol. The van der Waals surface area contributed by atoms with E-state index in [2.05, 4.69) is 23.1 Å². The molecular weight excluding hydrogens is 334 g/mol.